The summed E-state index contributed by atoms with van der Waals surface area (Å²) in [6.07, 6.45) is 7.53. The van der Waals surface area contributed by atoms with Crippen molar-refractivity contribution in [2.45, 2.75) is 30.8 Å². The van der Waals surface area contributed by atoms with Crippen LogP contribution in [0.1, 0.15) is 25.7 Å². The average Bonchev–Trinajstić information content (AvgIpc) is 2.33. The number of aromatic nitrogens is 2. The van der Waals surface area contributed by atoms with E-state index in [9.17, 15) is 4.79 Å². The van der Waals surface area contributed by atoms with E-state index >= 15 is 0 Å². The first kappa shape index (κ1) is 13.8. The summed E-state index contributed by atoms with van der Waals surface area (Å²) in [5, 5.41) is 0.701. The van der Waals surface area contributed by atoms with Crippen molar-refractivity contribution >= 4 is 11.8 Å². The quantitative estimate of drug-likeness (QED) is 0.318. The molecule has 0 bridgehead atoms. The highest BCUT2D eigenvalue weighted by Gasteiger charge is 1.96. The Morgan fingerprint density at radius 2 is 2.24 bits per heavy atom. The highest BCUT2D eigenvalue weighted by molar-refractivity contribution is 7.99. The molecule has 0 amide bonds. The Morgan fingerprint density at radius 3 is 3.00 bits per heavy atom. The van der Waals surface area contributed by atoms with Crippen LogP contribution in [0.15, 0.2) is 35.1 Å². The zero-order chi connectivity index (χ0) is 12.3. The second-order valence-electron chi connectivity index (χ2n) is 3.54. The van der Waals surface area contributed by atoms with Gasteiger partial charge in [0, 0.05) is 18.0 Å². The molecule has 1 heterocycles. The van der Waals surface area contributed by atoms with E-state index in [-0.39, 0.29) is 5.56 Å². The van der Waals surface area contributed by atoms with Gasteiger partial charge in [0.15, 0.2) is 5.16 Å². The van der Waals surface area contributed by atoms with E-state index in [2.05, 4.69) is 16.5 Å². The Hall–Kier alpha value is -1.23. The van der Waals surface area contributed by atoms with Gasteiger partial charge in [-0.2, -0.15) is 0 Å². The molecule has 0 saturated heterocycles. The smallest absolute Gasteiger partial charge is 0.251 e. The molecule has 0 aromatic carbocycles. The van der Waals surface area contributed by atoms with Crippen molar-refractivity contribution in [2.75, 3.05) is 12.4 Å². The molecule has 0 atom stereocenters. The van der Waals surface area contributed by atoms with Crippen molar-refractivity contribution in [3.8, 4) is 0 Å². The number of hydrogen-bond acceptors (Lipinski definition) is 4. The maximum atomic E-state index is 11.0. The zero-order valence-corrected chi connectivity index (χ0v) is 10.7. The summed E-state index contributed by atoms with van der Waals surface area (Å²) < 4.78 is 5.03. The van der Waals surface area contributed by atoms with Crippen molar-refractivity contribution in [3.63, 3.8) is 0 Å². The fourth-order valence-corrected chi connectivity index (χ4v) is 2.17. The lowest BCUT2D eigenvalue weighted by atomic mass is 10.2. The Bertz CT molecular complexity index is 379. The van der Waals surface area contributed by atoms with Crippen molar-refractivity contribution in [3.05, 3.63) is 35.5 Å². The van der Waals surface area contributed by atoms with Crippen LogP contribution in [-0.4, -0.2) is 22.3 Å². The summed E-state index contributed by atoms with van der Waals surface area (Å²) in [6, 6.07) is 1.42. The lowest BCUT2D eigenvalue weighted by Crippen LogP contribution is -2.05. The third-order valence-electron chi connectivity index (χ3n) is 2.16. The number of ether oxygens (including phenoxy) is 1. The Labute approximate surface area is 105 Å². The number of nitrogens with zero attached hydrogens (tertiary/aromatic N) is 1. The maximum absolute atomic E-state index is 11.0. The molecular formula is C12H18N2O2S. The van der Waals surface area contributed by atoms with Gasteiger partial charge in [0.2, 0.25) is 0 Å². The molecule has 17 heavy (non-hydrogen) atoms. The molecule has 0 aliphatic heterocycles. The molecule has 1 aromatic heterocycles. The first-order valence-corrected chi connectivity index (χ1v) is 6.72. The van der Waals surface area contributed by atoms with Crippen molar-refractivity contribution in [1.82, 2.24) is 9.97 Å². The summed E-state index contributed by atoms with van der Waals surface area (Å²) in [5.41, 5.74) is -0.0935. The number of aromatic amines is 1. The molecule has 1 rings (SSSR count). The molecule has 5 heteroatoms. The fourth-order valence-electron chi connectivity index (χ4n) is 1.32. The highest BCUT2D eigenvalue weighted by Crippen LogP contribution is 2.13. The lowest BCUT2D eigenvalue weighted by Gasteiger charge is -2.01. The average molecular weight is 254 g/mol. The number of nitrogens with one attached hydrogen (secondary N) is 1. The second kappa shape index (κ2) is 8.87. The minimum Gasteiger partial charge on any atom is -0.502 e. The van der Waals surface area contributed by atoms with Crippen LogP contribution >= 0.6 is 11.8 Å². The zero-order valence-electron chi connectivity index (χ0n) is 9.85. The molecular weight excluding hydrogens is 236 g/mol. The molecule has 0 aliphatic carbocycles. The molecule has 1 N–H and O–H groups in total. The predicted octanol–water partition coefficient (Wildman–Crippen LogP) is 2.58. The van der Waals surface area contributed by atoms with Gasteiger partial charge >= 0.3 is 0 Å². The van der Waals surface area contributed by atoms with Crippen molar-refractivity contribution < 1.29 is 4.74 Å². The van der Waals surface area contributed by atoms with Crippen LogP contribution in [0.5, 0.6) is 0 Å². The summed E-state index contributed by atoms with van der Waals surface area (Å²) >= 11 is 1.59. The number of rotatable bonds is 9. The molecule has 0 aliphatic rings. The van der Waals surface area contributed by atoms with E-state index in [1.165, 1.54) is 24.9 Å². The van der Waals surface area contributed by atoms with Gasteiger partial charge in [-0.3, -0.25) is 4.79 Å². The van der Waals surface area contributed by atoms with Gasteiger partial charge in [-0.15, -0.1) is 0 Å². The van der Waals surface area contributed by atoms with Crippen LogP contribution in [0, 0.1) is 0 Å². The first-order valence-electron chi connectivity index (χ1n) is 5.73. The van der Waals surface area contributed by atoms with Crippen molar-refractivity contribution in [1.29, 1.82) is 0 Å². The Morgan fingerprint density at radius 1 is 1.41 bits per heavy atom. The summed E-state index contributed by atoms with van der Waals surface area (Å²) in [6.45, 7) is 4.24. The normalized spacial score (nSPS) is 10.1. The Balaban J connectivity index is 2.01. The highest BCUT2D eigenvalue weighted by atomic mass is 32.2. The molecule has 0 radical (unpaired) electrons. The van der Waals surface area contributed by atoms with Gasteiger partial charge in [-0.1, -0.05) is 31.2 Å². The number of hydrogen-bond donors (Lipinski definition) is 1. The van der Waals surface area contributed by atoms with Gasteiger partial charge in [0.25, 0.3) is 5.56 Å². The summed E-state index contributed by atoms with van der Waals surface area (Å²) in [5.74, 6) is 0.981. The predicted molar refractivity (Wildman–Crippen MR) is 70.2 cm³/mol. The van der Waals surface area contributed by atoms with E-state index in [4.69, 9.17) is 4.74 Å². The summed E-state index contributed by atoms with van der Waals surface area (Å²) in [7, 11) is 0. The van der Waals surface area contributed by atoms with Crippen LogP contribution in [0.4, 0.5) is 0 Å². The van der Waals surface area contributed by atoms with Crippen molar-refractivity contribution in [2.24, 2.45) is 0 Å². The minimum absolute atomic E-state index is 0.0935. The fraction of sp³-hybridized carbons (Fsp3) is 0.500. The third-order valence-corrected chi connectivity index (χ3v) is 3.13. The van der Waals surface area contributed by atoms with Crippen LogP contribution in [-0.2, 0) is 4.74 Å². The third kappa shape index (κ3) is 6.84. The molecule has 1 aromatic rings. The van der Waals surface area contributed by atoms with E-state index in [0.717, 1.165) is 31.6 Å². The minimum atomic E-state index is -0.0935. The number of thioether (sulfide) groups is 1. The maximum Gasteiger partial charge on any atom is 0.251 e. The van der Waals surface area contributed by atoms with Crippen LogP contribution in [0.25, 0.3) is 0 Å². The van der Waals surface area contributed by atoms with Gasteiger partial charge in [0.1, 0.15) is 0 Å². The van der Waals surface area contributed by atoms with E-state index in [0.29, 0.717) is 5.16 Å². The largest absolute Gasteiger partial charge is 0.502 e. The van der Waals surface area contributed by atoms with Crippen LogP contribution < -0.4 is 5.56 Å². The molecule has 0 fully saturated rings. The second-order valence-corrected chi connectivity index (χ2v) is 4.62. The van der Waals surface area contributed by atoms with Gasteiger partial charge in [-0.05, 0) is 12.8 Å². The van der Waals surface area contributed by atoms with E-state index in [1.807, 2.05) is 0 Å². The van der Waals surface area contributed by atoms with Gasteiger partial charge < -0.3 is 9.72 Å². The molecule has 0 saturated carbocycles. The van der Waals surface area contributed by atoms with Gasteiger partial charge in [0.05, 0.1) is 12.9 Å². The SMILES string of the molecule is C=COCCCCCCSc1nccc(=O)[nH]1. The summed E-state index contributed by atoms with van der Waals surface area (Å²) in [4.78, 5) is 17.8. The molecule has 94 valence electrons. The standard InChI is InChI=1S/C12H18N2O2S/c1-2-16-9-5-3-4-6-10-17-12-13-8-7-11(15)14-12/h2,7-8H,1,3-6,9-10H2,(H,13,14,15). The molecule has 0 spiro atoms. The topological polar surface area (TPSA) is 55.0 Å². The van der Waals surface area contributed by atoms with Crippen LogP contribution in [0.3, 0.4) is 0 Å². The first-order chi connectivity index (χ1) is 8.33. The number of H-pyrrole nitrogens is 1. The monoisotopic (exact) mass is 254 g/mol. The lowest BCUT2D eigenvalue weighted by molar-refractivity contribution is 0.242. The number of unbranched alkanes of at least 4 members (excludes halogenated alkanes) is 3. The Kier molecular flexibility index (Phi) is 7.22. The van der Waals surface area contributed by atoms with Gasteiger partial charge in [-0.25, -0.2) is 4.98 Å². The molecule has 0 unspecified atom stereocenters. The molecule has 4 nitrogen and oxygen atoms in total. The van der Waals surface area contributed by atoms with E-state index < -0.39 is 0 Å². The van der Waals surface area contributed by atoms with E-state index in [1.54, 1.807) is 11.8 Å². The van der Waals surface area contributed by atoms with Crippen LogP contribution in [0.2, 0.25) is 0 Å².